The molecule has 96 valence electrons. The second kappa shape index (κ2) is 5.48. The van der Waals surface area contributed by atoms with Gasteiger partial charge in [0.05, 0.1) is 24.6 Å². The molecule has 7 nitrogen and oxygen atoms in total. The van der Waals surface area contributed by atoms with Crippen LogP contribution in [0, 0.1) is 11.3 Å². The summed E-state index contributed by atoms with van der Waals surface area (Å²) in [4.78, 5) is 10.7. The van der Waals surface area contributed by atoms with Crippen LogP contribution in [0.1, 0.15) is 10.4 Å². The molecular formula is C10H10N2O5S. The number of rotatable bonds is 5. The van der Waals surface area contributed by atoms with Gasteiger partial charge in [-0.2, -0.15) is 9.98 Å². The van der Waals surface area contributed by atoms with Crippen LogP contribution >= 0.6 is 0 Å². The summed E-state index contributed by atoms with van der Waals surface area (Å²) >= 11 is 0. The van der Waals surface area contributed by atoms with Gasteiger partial charge in [0.15, 0.2) is 0 Å². The molecule has 0 aromatic heterocycles. The first-order valence-corrected chi connectivity index (χ1v) is 6.18. The Labute approximate surface area is 104 Å². The lowest BCUT2D eigenvalue weighted by Crippen LogP contribution is -2.24. The highest BCUT2D eigenvalue weighted by atomic mass is 32.2. The predicted molar refractivity (Wildman–Crippen MR) is 60.8 cm³/mol. The number of nitrogens with zero attached hydrogens (tertiary/aromatic N) is 1. The van der Waals surface area contributed by atoms with E-state index in [4.69, 9.17) is 15.1 Å². The van der Waals surface area contributed by atoms with E-state index in [1.54, 1.807) is 6.07 Å². The van der Waals surface area contributed by atoms with E-state index in [-0.39, 0.29) is 16.2 Å². The van der Waals surface area contributed by atoms with Gasteiger partial charge in [0.2, 0.25) is 10.0 Å². The van der Waals surface area contributed by atoms with Crippen LogP contribution in [0.25, 0.3) is 0 Å². The Morgan fingerprint density at radius 3 is 2.72 bits per heavy atom. The number of nitriles is 1. The van der Waals surface area contributed by atoms with Gasteiger partial charge < -0.3 is 9.84 Å². The molecule has 8 heteroatoms. The maximum atomic E-state index is 11.7. The lowest BCUT2D eigenvalue weighted by Gasteiger charge is -2.08. The fraction of sp³-hybridized carbons (Fsp3) is 0.200. The number of carboxylic acids is 1. The molecule has 18 heavy (non-hydrogen) atoms. The maximum absolute atomic E-state index is 11.7. The zero-order valence-corrected chi connectivity index (χ0v) is 10.2. The van der Waals surface area contributed by atoms with Crippen LogP contribution in [-0.2, 0) is 10.0 Å². The van der Waals surface area contributed by atoms with Crippen molar-refractivity contribution < 1.29 is 23.1 Å². The summed E-state index contributed by atoms with van der Waals surface area (Å²) in [5, 5.41) is 17.2. The van der Waals surface area contributed by atoms with Gasteiger partial charge in [-0.25, -0.2) is 13.2 Å². The molecule has 0 fully saturated rings. The molecule has 0 bridgehead atoms. The molecule has 1 aromatic rings. The summed E-state index contributed by atoms with van der Waals surface area (Å²) in [6.07, 6.45) is 0. The molecule has 0 spiro atoms. The van der Waals surface area contributed by atoms with Crippen molar-refractivity contribution >= 4 is 16.0 Å². The number of benzene rings is 1. The van der Waals surface area contributed by atoms with E-state index in [9.17, 15) is 13.2 Å². The van der Waals surface area contributed by atoms with Crippen LogP contribution in [0.15, 0.2) is 23.1 Å². The van der Waals surface area contributed by atoms with Crippen LogP contribution < -0.4 is 9.46 Å². The Morgan fingerprint density at radius 1 is 1.56 bits per heavy atom. The first kappa shape index (κ1) is 14.0. The number of ether oxygens (including phenoxy) is 1. The third-order valence-electron chi connectivity index (χ3n) is 2.05. The molecule has 0 amide bonds. The third-order valence-corrected chi connectivity index (χ3v) is 3.45. The van der Waals surface area contributed by atoms with Gasteiger partial charge in [-0.3, -0.25) is 0 Å². The van der Waals surface area contributed by atoms with E-state index >= 15 is 0 Å². The summed E-state index contributed by atoms with van der Waals surface area (Å²) in [5.41, 5.74) is -0.266. The van der Waals surface area contributed by atoms with E-state index in [0.717, 1.165) is 6.07 Å². The molecule has 0 atom stereocenters. The number of methoxy groups -OCH3 is 1. The molecule has 0 heterocycles. The molecule has 2 N–H and O–H groups in total. The van der Waals surface area contributed by atoms with Crippen LogP contribution in [0.5, 0.6) is 5.75 Å². The molecular weight excluding hydrogens is 260 g/mol. The molecule has 1 rings (SSSR count). The Bertz CT molecular complexity index is 603. The SMILES string of the molecule is COc1ccc(S(=O)(=O)NCC#N)cc1C(=O)O. The summed E-state index contributed by atoms with van der Waals surface area (Å²) in [7, 11) is -2.61. The summed E-state index contributed by atoms with van der Waals surface area (Å²) in [6, 6.07) is 5.04. The third kappa shape index (κ3) is 2.97. The second-order valence-electron chi connectivity index (χ2n) is 3.15. The minimum Gasteiger partial charge on any atom is -0.496 e. The highest BCUT2D eigenvalue weighted by Crippen LogP contribution is 2.22. The minimum absolute atomic E-state index is 0.0572. The van der Waals surface area contributed by atoms with Gasteiger partial charge in [0.1, 0.15) is 11.3 Å². The number of aromatic carboxylic acids is 1. The molecule has 0 aliphatic carbocycles. The first-order valence-electron chi connectivity index (χ1n) is 4.70. The van der Waals surface area contributed by atoms with E-state index in [1.807, 2.05) is 4.72 Å². The first-order chi connectivity index (χ1) is 8.42. The number of sulfonamides is 1. The summed E-state index contributed by atoms with van der Waals surface area (Å²) in [5.74, 6) is -1.24. The topological polar surface area (TPSA) is 116 Å². The Kier molecular flexibility index (Phi) is 4.25. The van der Waals surface area contributed by atoms with Crippen molar-refractivity contribution in [3.63, 3.8) is 0 Å². The van der Waals surface area contributed by atoms with Crippen molar-refractivity contribution in [3.8, 4) is 11.8 Å². The molecule has 0 saturated heterocycles. The molecule has 0 aliphatic rings. The van der Waals surface area contributed by atoms with Gasteiger partial charge in [-0.1, -0.05) is 0 Å². The standard InChI is InChI=1S/C10H10N2O5S/c1-17-9-3-2-7(6-8(9)10(13)14)18(15,16)12-5-4-11/h2-3,6,12H,5H2,1H3,(H,13,14). The van der Waals surface area contributed by atoms with Crippen molar-refractivity contribution in [2.45, 2.75) is 4.90 Å². The zero-order valence-electron chi connectivity index (χ0n) is 9.37. The molecule has 0 unspecified atom stereocenters. The average Bonchev–Trinajstić information content (AvgIpc) is 2.35. The van der Waals surface area contributed by atoms with Gasteiger partial charge in [0, 0.05) is 0 Å². The van der Waals surface area contributed by atoms with Gasteiger partial charge in [-0.05, 0) is 18.2 Å². The van der Waals surface area contributed by atoms with Crippen molar-refractivity contribution in [3.05, 3.63) is 23.8 Å². The van der Waals surface area contributed by atoms with Crippen molar-refractivity contribution in [2.75, 3.05) is 13.7 Å². The monoisotopic (exact) mass is 270 g/mol. The lowest BCUT2D eigenvalue weighted by molar-refractivity contribution is 0.0693. The fourth-order valence-corrected chi connectivity index (χ4v) is 2.17. The second-order valence-corrected chi connectivity index (χ2v) is 4.92. The zero-order chi connectivity index (χ0) is 13.8. The summed E-state index contributed by atoms with van der Waals surface area (Å²) in [6.45, 7) is -0.392. The van der Waals surface area contributed by atoms with E-state index in [0.29, 0.717) is 0 Å². The van der Waals surface area contributed by atoms with Gasteiger partial charge >= 0.3 is 5.97 Å². The van der Waals surface area contributed by atoms with E-state index in [2.05, 4.69) is 0 Å². The highest BCUT2D eigenvalue weighted by molar-refractivity contribution is 7.89. The maximum Gasteiger partial charge on any atom is 0.339 e. The number of carbonyl (C=O) groups is 1. The van der Waals surface area contributed by atoms with Crippen molar-refractivity contribution in [1.82, 2.24) is 4.72 Å². The average molecular weight is 270 g/mol. The Morgan fingerprint density at radius 2 is 2.22 bits per heavy atom. The van der Waals surface area contributed by atoms with Crippen LogP contribution in [0.3, 0.4) is 0 Å². The Hall–Kier alpha value is -2.11. The smallest absolute Gasteiger partial charge is 0.339 e. The fourth-order valence-electron chi connectivity index (χ4n) is 1.23. The summed E-state index contributed by atoms with van der Waals surface area (Å²) < 4.78 is 30.2. The van der Waals surface area contributed by atoms with Crippen LogP contribution in [0.4, 0.5) is 0 Å². The largest absolute Gasteiger partial charge is 0.496 e. The van der Waals surface area contributed by atoms with Crippen molar-refractivity contribution in [1.29, 1.82) is 5.26 Å². The number of hydrogen-bond donors (Lipinski definition) is 2. The Balaban J connectivity index is 3.25. The quantitative estimate of drug-likeness (QED) is 0.738. The van der Waals surface area contributed by atoms with Crippen LogP contribution in [-0.4, -0.2) is 33.1 Å². The van der Waals surface area contributed by atoms with E-state index < -0.39 is 22.5 Å². The lowest BCUT2D eigenvalue weighted by atomic mass is 10.2. The molecule has 0 aliphatic heterocycles. The van der Waals surface area contributed by atoms with Gasteiger partial charge in [0.25, 0.3) is 0 Å². The highest BCUT2D eigenvalue weighted by Gasteiger charge is 2.18. The molecule has 1 aromatic carbocycles. The predicted octanol–water partition coefficient (Wildman–Crippen LogP) is 0.195. The number of nitrogens with one attached hydrogen (secondary N) is 1. The normalized spacial score (nSPS) is 10.7. The molecule has 0 saturated carbocycles. The molecule has 0 radical (unpaired) electrons. The van der Waals surface area contributed by atoms with Gasteiger partial charge in [-0.15, -0.1) is 0 Å². The van der Waals surface area contributed by atoms with Crippen LogP contribution in [0.2, 0.25) is 0 Å². The number of carboxylic acid groups (broad SMARTS) is 1. The van der Waals surface area contributed by atoms with Crippen molar-refractivity contribution in [2.24, 2.45) is 0 Å². The van der Waals surface area contributed by atoms with E-state index in [1.165, 1.54) is 19.2 Å². The minimum atomic E-state index is -3.89. The number of hydrogen-bond acceptors (Lipinski definition) is 5.